The summed E-state index contributed by atoms with van der Waals surface area (Å²) in [7, 11) is 0. The van der Waals surface area contributed by atoms with Crippen LogP contribution in [0.5, 0.6) is 0 Å². The molecule has 2 aromatic rings. The highest BCUT2D eigenvalue weighted by atomic mass is 16.3. The molecule has 21 heavy (non-hydrogen) atoms. The Morgan fingerprint density at radius 1 is 1.10 bits per heavy atom. The van der Waals surface area contributed by atoms with Crippen LogP contribution < -0.4 is 5.32 Å². The Morgan fingerprint density at radius 3 is 2.81 bits per heavy atom. The highest BCUT2D eigenvalue weighted by Crippen LogP contribution is 2.19. The number of likely N-dealkylation sites (tertiary alicyclic amines) is 1. The van der Waals surface area contributed by atoms with Crippen LogP contribution in [0.2, 0.25) is 0 Å². The van der Waals surface area contributed by atoms with Crippen LogP contribution >= 0.6 is 0 Å². The zero-order valence-corrected chi connectivity index (χ0v) is 12.5. The lowest BCUT2D eigenvalue weighted by Crippen LogP contribution is -2.44. The van der Waals surface area contributed by atoms with Crippen molar-refractivity contribution < 1.29 is 4.42 Å². The fourth-order valence-electron chi connectivity index (χ4n) is 3.09. The first-order chi connectivity index (χ1) is 10.4. The molecule has 1 aliphatic heterocycles. The maximum atomic E-state index is 5.37. The molecule has 0 saturated carbocycles. The summed E-state index contributed by atoms with van der Waals surface area (Å²) in [6, 6.07) is 15.4. The lowest BCUT2D eigenvalue weighted by atomic mass is 10.0. The average Bonchev–Trinajstić information content (AvgIpc) is 3.03. The first-order valence-corrected chi connectivity index (χ1v) is 7.93. The molecular weight excluding hydrogens is 260 g/mol. The third kappa shape index (κ3) is 4.19. The summed E-state index contributed by atoms with van der Waals surface area (Å²) in [5, 5.41) is 3.54. The zero-order valence-electron chi connectivity index (χ0n) is 12.5. The molecule has 1 fully saturated rings. The van der Waals surface area contributed by atoms with Crippen LogP contribution in [0, 0.1) is 0 Å². The molecule has 1 unspecified atom stereocenters. The van der Waals surface area contributed by atoms with Gasteiger partial charge in [-0.3, -0.25) is 4.90 Å². The Hall–Kier alpha value is -1.58. The Balaban J connectivity index is 1.51. The number of nitrogens with one attached hydrogen (secondary N) is 1. The van der Waals surface area contributed by atoms with E-state index in [1.54, 1.807) is 6.26 Å². The Kier molecular flexibility index (Phi) is 5.08. The molecule has 1 aliphatic rings. The van der Waals surface area contributed by atoms with Gasteiger partial charge in [-0.05, 0) is 37.1 Å². The monoisotopic (exact) mass is 284 g/mol. The van der Waals surface area contributed by atoms with Gasteiger partial charge < -0.3 is 9.73 Å². The quantitative estimate of drug-likeness (QED) is 0.881. The van der Waals surface area contributed by atoms with Crippen molar-refractivity contribution in [3.63, 3.8) is 0 Å². The largest absolute Gasteiger partial charge is 0.468 e. The van der Waals surface area contributed by atoms with Gasteiger partial charge in [0.25, 0.3) is 0 Å². The zero-order chi connectivity index (χ0) is 14.3. The van der Waals surface area contributed by atoms with Gasteiger partial charge in [0.1, 0.15) is 5.76 Å². The molecular formula is C18H24N2O. The van der Waals surface area contributed by atoms with E-state index in [1.807, 2.05) is 12.1 Å². The van der Waals surface area contributed by atoms with E-state index < -0.39 is 0 Å². The Labute approximate surface area is 127 Å². The molecule has 1 atom stereocenters. The highest BCUT2D eigenvalue weighted by molar-refractivity contribution is 5.14. The number of hydrogen-bond donors (Lipinski definition) is 1. The molecule has 0 radical (unpaired) electrons. The number of rotatable bonds is 6. The number of piperidine rings is 1. The van der Waals surface area contributed by atoms with E-state index in [4.69, 9.17) is 4.42 Å². The summed E-state index contributed by atoms with van der Waals surface area (Å²) in [4.78, 5) is 2.62. The van der Waals surface area contributed by atoms with Crippen molar-refractivity contribution in [2.24, 2.45) is 0 Å². The fourth-order valence-corrected chi connectivity index (χ4v) is 3.09. The van der Waals surface area contributed by atoms with Gasteiger partial charge in [-0.15, -0.1) is 0 Å². The molecule has 1 saturated heterocycles. The van der Waals surface area contributed by atoms with E-state index in [1.165, 1.54) is 31.4 Å². The van der Waals surface area contributed by atoms with Crippen molar-refractivity contribution in [3.8, 4) is 0 Å². The van der Waals surface area contributed by atoms with E-state index in [0.717, 1.165) is 25.4 Å². The third-order valence-electron chi connectivity index (χ3n) is 4.24. The molecule has 3 rings (SSSR count). The second kappa shape index (κ2) is 7.43. The topological polar surface area (TPSA) is 28.4 Å². The van der Waals surface area contributed by atoms with Crippen molar-refractivity contribution >= 4 is 0 Å². The first-order valence-electron chi connectivity index (χ1n) is 7.93. The van der Waals surface area contributed by atoms with Gasteiger partial charge in [0.2, 0.25) is 0 Å². The van der Waals surface area contributed by atoms with E-state index in [9.17, 15) is 0 Å². The summed E-state index contributed by atoms with van der Waals surface area (Å²) in [6.45, 7) is 4.13. The fraction of sp³-hybridized carbons (Fsp3) is 0.444. The predicted molar refractivity (Wildman–Crippen MR) is 84.9 cm³/mol. The van der Waals surface area contributed by atoms with Gasteiger partial charge >= 0.3 is 0 Å². The molecule has 0 bridgehead atoms. The van der Waals surface area contributed by atoms with Crippen LogP contribution in [0.3, 0.4) is 0 Å². The first kappa shape index (κ1) is 14.4. The molecule has 0 amide bonds. The highest BCUT2D eigenvalue weighted by Gasteiger charge is 2.21. The van der Waals surface area contributed by atoms with E-state index in [2.05, 4.69) is 40.5 Å². The lowest BCUT2D eigenvalue weighted by Gasteiger charge is -2.36. The van der Waals surface area contributed by atoms with E-state index >= 15 is 0 Å². The smallest absolute Gasteiger partial charge is 0.117 e. The van der Waals surface area contributed by atoms with Gasteiger partial charge in [0.05, 0.1) is 12.8 Å². The van der Waals surface area contributed by atoms with Crippen LogP contribution in [0.1, 0.15) is 30.6 Å². The van der Waals surface area contributed by atoms with E-state index in [0.29, 0.717) is 6.04 Å². The summed E-state index contributed by atoms with van der Waals surface area (Å²) >= 11 is 0. The number of hydrogen-bond acceptors (Lipinski definition) is 3. The molecule has 112 valence electrons. The minimum atomic E-state index is 0.633. The molecule has 1 aromatic carbocycles. The van der Waals surface area contributed by atoms with Gasteiger partial charge in [-0.1, -0.05) is 36.8 Å². The second-order valence-electron chi connectivity index (χ2n) is 5.82. The molecule has 0 spiro atoms. The molecule has 1 aromatic heterocycles. The Bertz CT molecular complexity index is 509. The maximum Gasteiger partial charge on any atom is 0.117 e. The van der Waals surface area contributed by atoms with Gasteiger partial charge in [0.15, 0.2) is 0 Å². The predicted octanol–water partition coefficient (Wildman–Crippen LogP) is 3.42. The van der Waals surface area contributed by atoms with Crippen molar-refractivity contribution in [3.05, 3.63) is 60.1 Å². The summed E-state index contributed by atoms with van der Waals surface area (Å²) in [5.41, 5.74) is 1.41. The van der Waals surface area contributed by atoms with Crippen LogP contribution in [0.25, 0.3) is 0 Å². The minimum absolute atomic E-state index is 0.633. The van der Waals surface area contributed by atoms with Crippen molar-refractivity contribution in [1.29, 1.82) is 0 Å². The minimum Gasteiger partial charge on any atom is -0.468 e. The number of nitrogens with zero attached hydrogens (tertiary/aromatic N) is 1. The number of furan rings is 1. The average molecular weight is 284 g/mol. The third-order valence-corrected chi connectivity index (χ3v) is 4.24. The molecule has 1 N–H and O–H groups in total. The van der Waals surface area contributed by atoms with Crippen molar-refractivity contribution in [1.82, 2.24) is 10.2 Å². The molecule has 0 aliphatic carbocycles. The standard InChI is InChI=1S/C18H24N2O/c1-2-7-16(8-3-1)15-20-11-5-4-9-17(20)13-19-14-18-10-6-12-21-18/h1-3,6-8,10,12,17,19H,4-5,9,11,13-15H2. The van der Waals surface area contributed by atoms with Gasteiger partial charge in [0, 0.05) is 19.1 Å². The van der Waals surface area contributed by atoms with Crippen LogP contribution in [-0.4, -0.2) is 24.0 Å². The van der Waals surface area contributed by atoms with Crippen LogP contribution in [0.15, 0.2) is 53.1 Å². The second-order valence-corrected chi connectivity index (χ2v) is 5.82. The summed E-state index contributed by atoms with van der Waals surface area (Å²) in [5.74, 6) is 1.01. The normalized spacial score (nSPS) is 19.7. The lowest BCUT2D eigenvalue weighted by molar-refractivity contribution is 0.137. The maximum absolute atomic E-state index is 5.37. The summed E-state index contributed by atoms with van der Waals surface area (Å²) in [6.07, 6.45) is 5.69. The van der Waals surface area contributed by atoms with Crippen LogP contribution in [0.4, 0.5) is 0 Å². The van der Waals surface area contributed by atoms with Crippen molar-refractivity contribution in [2.75, 3.05) is 13.1 Å². The van der Waals surface area contributed by atoms with Crippen LogP contribution in [-0.2, 0) is 13.1 Å². The SMILES string of the molecule is c1ccc(CN2CCCCC2CNCc2ccco2)cc1. The number of benzene rings is 1. The van der Waals surface area contributed by atoms with Crippen molar-refractivity contribution in [2.45, 2.75) is 38.4 Å². The molecule has 2 heterocycles. The van der Waals surface area contributed by atoms with Gasteiger partial charge in [-0.2, -0.15) is 0 Å². The van der Waals surface area contributed by atoms with E-state index in [-0.39, 0.29) is 0 Å². The Morgan fingerprint density at radius 2 is 2.00 bits per heavy atom. The van der Waals surface area contributed by atoms with Gasteiger partial charge in [-0.25, -0.2) is 0 Å². The molecule has 3 heteroatoms. The summed E-state index contributed by atoms with van der Waals surface area (Å²) < 4.78 is 5.37. The molecule has 3 nitrogen and oxygen atoms in total.